The second-order valence-electron chi connectivity index (χ2n) is 6.36. The Morgan fingerprint density at radius 3 is 2.31 bits per heavy atom. The van der Waals surface area contributed by atoms with E-state index in [2.05, 4.69) is 5.32 Å². The molecular formula is C19H23FN2O3S. The lowest BCUT2D eigenvalue weighted by Gasteiger charge is -2.20. The summed E-state index contributed by atoms with van der Waals surface area (Å²) in [6.45, 7) is 3.73. The lowest BCUT2D eigenvalue weighted by atomic mass is 10.1. The molecule has 2 rings (SSSR count). The molecule has 0 heterocycles. The number of benzene rings is 2. The van der Waals surface area contributed by atoms with Gasteiger partial charge in [-0.2, -0.15) is 4.31 Å². The van der Waals surface area contributed by atoms with Crippen LogP contribution in [0.4, 0.5) is 10.1 Å². The summed E-state index contributed by atoms with van der Waals surface area (Å²) in [6.07, 6.45) is 1.03. The molecule has 0 aliphatic heterocycles. The van der Waals surface area contributed by atoms with Gasteiger partial charge in [0.15, 0.2) is 0 Å². The Balaban J connectivity index is 2.03. The van der Waals surface area contributed by atoms with Crippen LogP contribution in [0.2, 0.25) is 0 Å². The van der Waals surface area contributed by atoms with E-state index in [-0.39, 0.29) is 31.0 Å². The Kier molecular flexibility index (Phi) is 6.50. The normalized spacial score (nSPS) is 11.6. The minimum absolute atomic E-state index is 0.0193. The second-order valence-corrected chi connectivity index (χ2v) is 8.34. The summed E-state index contributed by atoms with van der Waals surface area (Å²) in [7, 11) is -3.58. The first-order valence-corrected chi connectivity index (χ1v) is 10.1. The number of carbonyl (C=O) groups excluding carboxylic acids is 1. The lowest BCUT2D eigenvalue weighted by Crippen LogP contribution is -2.33. The number of aryl methyl sites for hydroxylation is 2. The Labute approximate surface area is 153 Å². The van der Waals surface area contributed by atoms with E-state index in [1.165, 1.54) is 12.1 Å². The van der Waals surface area contributed by atoms with E-state index < -0.39 is 15.8 Å². The maximum Gasteiger partial charge on any atom is 0.225 e. The number of hydrogen-bond donors (Lipinski definition) is 1. The molecule has 0 aliphatic rings. The number of nitrogens with zero attached hydrogens (tertiary/aromatic N) is 1. The van der Waals surface area contributed by atoms with Crippen LogP contribution in [-0.4, -0.2) is 31.4 Å². The second kappa shape index (κ2) is 8.42. The van der Waals surface area contributed by atoms with Crippen LogP contribution in [0.1, 0.15) is 23.1 Å². The summed E-state index contributed by atoms with van der Waals surface area (Å²) >= 11 is 0. The summed E-state index contributed by atoms with van der Waals surface area (Å²) in [5, 5.41) is 2.77. The number of halogens is 1. The van der Waals surface area contributed by atoms with Crippen molar-refractivity contribution in [3.05, 3.63) is 65.0 Å². The Hall–Kier alpha value is -2.25. The molecule has 1 N–H and O–H groups in total. The van der Waals surface area contributed by atoms with Crippen LogP contribution in [0.25, 0.3) is 0 Å². The summed E-state index contributed by atoms with van der Waals surface area (Å²) in [6, 6.07) is 11.7. The van der Waals surface area contributed by atoms with Gasteiger partial charge in [-0.15, -0.1) is 0 Å². The molecule has 0 aliphatic carbocycles. The average Bonchev–Trinajstić information content (AvgIpc) is 2.50. The topological polar surface area (TPSA) is 66.5 Å². The number of rotatable bonds is 7. The largest absolute Gasteiger partial charge is 0.326 e. The Morgan fingerprint density at radius 1 is 1.12 bits per heavy atom. The van der Waals surface area contributed by atoms with Gasteiger partial charge < -0.3 is 5.32 Å². The maximum absolute atomic E-state index is 13.8. The van der Waals surface area contributed by atoms with Gasteiger partial charge in [-0.25, -0.2) is 12.8 Å². The van der Waals surface area contributed by atoms with Crippen molar-refractivity contribution in [1.29, 1.82) is 0 Å². The molecular weight excluding hydrogens is 355 g/mol. The summed E-state index contributed by atoms with van der Waals surface area (Å²) < 4.78 is 38.9. The fraction of sp³-hybridized carbons (Fsp3) is 0.316. The maximum atomic E-state index is 13.8. The molecule has 0 fully saturated rings. The van der Waals surface area contributed by atoms with E-state index in [4.69, 9.17) is 0 Å². The number of sulfonamides is 1. The Morgan fingerprint density at radius 2 is 1.73 bits per heavy atom. The smallest absolute Gasteiger partial charge is 0.225 e. The fourth-order valence-electron chi connectivity index (χ4n) is 2.68. The van der Waals surface area contributed by atoms with Gasteiger partial charge in [0, 0.05) is 30.8 Å². The van der Waals surface area contributed by atoms with E-state index in [9.17, 15) is 17.6 Å². The van der Waals surface area contributed by atoms with E-state index in [0.717, 1.165) is 21.7 Å². The first-order valence-electron chi connectivity index (χ1n) is 8.22. The first kappa shape index (κ1) is 20.1. The highest BCUT2D eigenvalue weighted by Crippen LogP contribution is 2.15. The predicted molar refractivity (Wildman–Crippen MR) is 101 cm³/mol. The van der Waals surface area contributed by atoms with Crippen LogP contribution in [0.3, 0.4) is 0 Å². The van der Waals surface area contributed by atoms with Crippen molar-refractivity contribution in [2.24, 2.45) is 0 Å². The monoisotopic (exact) mass is 378 g/mol. The molecule has 0 radical (unpaired) electrons. The Bertz CT molecular complexity index is 877. The van der Waals surface area contributed by atoms with Crippen molar-refractivity contribution in [3.63, 3.8) is 0 Å². The van der Waals surface area contributed by atoms with Crippen molar-refractivity contribution >= 4 is 21.6 Å². The fourth-order valence-corrected chi connectivity index (χ4v) is 3.47. The molecule has 0 bridgehead atoms. The summed E-state index contributed by atoms with van der Waals surface area (Å²) in [5.74, 6) is -0.766. The third-order valence-corrected chi connectivity index (χ3v) is 5.12. The zero-order valence-corrected chi connectivity index (χ0v) is 15.9. The molecule has 140 valence electrons. The van der Waals surface area contributed by atoms with Crippen LogP contribution in [0.15, 0.2) is 42.5 Å². The van der Waals surface area contributed by atoms with Gasteiger partial charge in [-0.05, 0) is 43.2 Å². The summed E-state index contributed by atoms with van der Waals surface area (Å²) in [5.41, 5.74) is 3.00. The molecule has 5 nitrogen and oxygen atoms in total. The molecule has 0 spiro atoms. The SMILES string of the molecule is Cc1cc(C)cc(NC(=O)CCN(Cc2ccccc2F)S(C)(=O)=O)c1. The zero-order chi connectivity index (χ0) is 19.3. The van der Waals surface area contributed by atoms with E-state index in [1.807, 2.05) is 32.0 Å². The standard InChI is InChI=1S/C19H23FN2O3S/c1-14-10-15(2)12-17(11-14)21-19(23)8-9-22(26(3,24)25)13-16-6-4-5-7-18(16)20/h4-7,10-12H,8-9,13H2,1-3H3,(H,21,23). The summed E-state index contributed by atoms with van der Waals surface area (Å²) in [4.78, 5) is 12.2. The van der Waals surface area contributed by atoms with Gasteiger partial charge in [-0.1, -0.05) is 24.3 Å². The van der Waals surface area contributed by atoms with Gasteiger partial charge in [0.1, 0.15) is 5.82 Å². The first-order chi connectivity index (χ1) is 12.1. The van der Waals surface area contributed by atoms with Crippen LogP contribution in [0, 0.1) is 19.7 Å². The van der Waals surface area contributed by atoms with Crippen LogP contribution in [-0.2, 0) is 21.4 Å². The number of carbonyl (C=O) groups is 1. The molecule has 0 saturated carbocycles. The van der Waals surface area contributed by atoms with Crippen molar-refractivity contribution in [2.45, 2.75) is 26.8 Å². The molecule has 0 unspecified atom stereocenters. The molecule has 0 saturated heterocycles. The molecule has 0 atom stereocenters. The zero-order valence-electron chi connectivity index (χ0n) is 15.1. The highest BCUT2D eigenvalue weighted by Gasteiger charge is 2.19. The predicted octanol–water partition coefficient (Wildman–Crippen LogP) is 3.23. The van der Waals surface area contributed by atoms with Crippen LogP contribution >= 0.6 is 0 Å². The van der Waals surface area contributed by atoms with Gasteiger partial charge in [0.2, 0.25) is 15.9 Å². The number of anilines is 1. The number of amides is 1. The van der Waals surface area contributed by atoms with Gasteiger partial charge in [-0.3, -0.25) is 4.79 Å². The third-order valence-electron chi connectivity index (χ3n) is 3.87. The van der Waals surface area contributed by atoms with Crippen molar-refractivity contribution in [1.82, 2.24) is 4.31 Å². The average molecular weight is 378 g/mol. The molecule has 26 heavy (non-hydrogen) atoms. The van der Waals surface area contributed by atoms with Gasteiger partial charge in [0.25, 0.3) is 0 Å². The van der Waals surface area contributed by atoms with Crippen LogP contribution < -0.4 is 5.32 Å². The molecule has 0 aromatic heterocycles. The van der Waals surface area contributed by atoms with Crippen LogP contribution in [0.5, 0.6) is 0 Å². The molecule has 1 amide bonds. The van der Waals surface area contributed by atoms with Crippen molar-refractivity contribution < 1.29 is 17.6 Å². The lowest BCUT2D eigenvalue weighted by molar-refractivity contribution is -0.116. The van der Waals surface area contributed by atoms with E-state index in [1.54, 1.807) is 12.1 Å². The molecule has 2 aromatic rings. The highest BCUT2D eigenvalue weighted by atomic mass is 32.2. The molecule has 2 aromatic carbocycles. The number of nitrogens with one attached hydrogen (secondary N) is 1. The number of hydrogen-bond acceptors (Lipinski definition) is 3. The van der Waals surface area contributed by atoms with E-state index in [0.29, 0.717) is 5.69 Å². The van der Waals surface area contributed by atoms with E-state index >= 15 is 0 Å². The third kappa shape index (κ3) is 5.93. The quantitative estimate of drug-likeness (QED) is 0.804. The van der Waals surface area contributed by atoms with Gasteiger partial charge >= 0.3 is 0 Å². The van der Waals surface area contributed by atoms with Crippen molar-refractivity contribution in [3.8, 4) is 0 Å². The highest BCUT2D eigenvalue weighted by molar-refractivity contribution is 7.88. The minimum atomic E-state index is -3.58. The minimum Gasteiger partial charge on any atom is -0.326 e. The van der Waals surface area contributed by atoms with Gasteiger partial charge in [0.05, 0.1) is 6.26 Å². The molecule has 7 heteroatoms. The van der Waals surface area contributed by atoms with Crippen molar-refractivity contribution in [2.75, 3.05) is 18.1 Å².